The molecule has 1 N–H and O–H groups in total. The van der Waals surface area contributed by atoms with Crippen molar-refractivity contribution >= 4 is 15.9 Å². The zero-order chi connectivity index (χ0) is 20.0. The molecule has 1 aliphatic heterocycles. The third-order valence-electron chi connectivity index (χ3n) is 4.90. The topological polar surface area (TPSA) is 93.5 Å². The van der Waals surface area contributed by atoms with Gasteiger partial charge in [-0.2, -0.15) is 4.31 Å². The number of rotatable bonds is 8. The Labute approximate surface area is 165 Å². The number of amides is 1. The number of imidazole rings is 1. The fourth-order valence-corrected chi connectivity index (χ4v) is 4.83. The molecule has 152 valence electrons. The number of sulfonamides is 1. The number of benzene rings is 1. The van der Waals surface area contributed by atoms with E-state index in [-0.39, 0.29) is 23.3 Å². The van der Waals surface area contributed by atoms with Crippen molar-refractivity contribution in [2.45, 2.75) is 30.7 Å². The third-order valence-corrected chi connectivity index (χ3v) is 6.78. The molecule has 0 aliphatic carbocycles. The Morgan fingerprint density at radius 3 is 2.79 bits per heavy atom. The quantitative estimate of drug-likeness (QED) is 0.671. The van der Waals surface area contributed by atoms with Crippen molar-refractivity contribution in [1.29, 1.82) is 0 Å². The minimum Gasteiger partial charge on any atom is -0.497 e. The monoisotopic (exact) mass is 406 g/mol. The Hall–Kier alpha value is -2.39. The maximum absolute atomic E-state index is 12.9. The van der Waals surface area contributed by atoms with Gasteiger partial charge in [0.05, 0.1) is 24.3 Å². The number of hydrogen-bond acceptors (Lipinski definition) is 5. The molecule has 1 saturated heterocycles. The summed E-state index contributed by atoms with van der Waals surface area (Å²) in [6.45, 7) is 1.97. The van der Waals surface area contributed by atoms with Gasteiger partial charge in [-0.25, -0.2) is 13.4 Å². The second-order valence-electron chi connectivity index (χ2n) is 6.82. The van der Waals surface area contributed by atoms with E-state index in [1.165, 1.54) is 23.5 Å². The summed E-state index contributed by atoms with van der Waals surface area (Å²) < 4.78 is 34.2. The van der Waals surface area contributed by atoms with Crippen LogP contribution < -0.4 is 10.1 Å². The number of nitrogens with zero attached hydrogens (tertiary/aromatic N) is 3. The van der Waals surface area contributed by atoms with E-state index in [0.29, 0.717) is 31.7 Å². The minimum absolute atomic E-state index is 0.0831. The minimum atomic E-state index is -3.62. The lowest BCUT2D eigenvalue weighted by molar-refractivity contribution is -0.126. The summed E-state index contributed by atoms with van der Waals surface area (Å²) in [6.07, 6.45) is 7.50. The van der Waals surface area contributed by atoms with Crippen molar-refractivity contribution in [1.82, 2.24) is 19.2 Å². The van der Waals surface area contributed by atoms with E-state index in [0.717, 1.165) is 13.0 Å². The molecule has 0 saturated carbocycles. The van der Waals surface area contributed by atoms with E-state index in [1.54, 1.807) is 24.7 Å². The van der Waals surface area contributed by atoms with Crippen LogP contribution in [0.5, 0.6) is 5.75 Å². The van der Waals surface area contributed by atoms with Gasteiger partial charge in [-0.1, -0.05) is 0 Å². The Bertz CT molecular complexity index is 866. The van der Waals surface area contributed by atoms with Crippen LogP contribution in [0.25, 0.3) is 0 Å². The molecule has 8 nitrogen and oxygen atoms in total. The number of piperidine rings is 1. The summed E-state index contributed by atoms with van der Waals surface area (Å²) in [7, 11) is -2.09. The zero-order valence-corrected chi connectivity index (χ0v) is 16.8. The van der Waals surface area contributed by atoms with Gasteiger partial charge in [0.25, 0.3) is 0 Å². The highest BCUT2D eigenvalue weighted by Crippen LogP contribution is 2.25. The van der Waals surface area contributed by atoms with Gasteiger partial charge in [-0.15, -0.1) is 0 Å². The number of ether oxygens (including phenoxy) is 1. The molecule has 3 rings (SSSR count). The Morgan fingerprint density at radius 1 is 1.32 bits per heavy atom. The predicted octanol–water partition coefficient (Wildman–Crippen LogP) is 1.50. The molecule has 1 amide bonds. The average molecular weight is 407 g/mol. The number of nitrogens with one attached hydrogen (secondary N) is 1. The largest absolute Gasteiger partial charge is 0.497 e. The van der Waals surface area contributed by atoms with E-state index in [9.17, 15) is 13.2 Å². The van der Waals surface area contributed by atoms with Gasteiger partial charge in [0.2, 0.25) is 15.9 Å². The second kappa shape index (κ2) is 9.20. The molecule has 1 aliphatic rings. The molecule has 0 bridgehead atoms. The molecular weight excluding hydrogens is 380 g/mol. The van der Waals surface area contributed by atoms with E-state index in [4.69, 9.17) is 4.74 Å². The lowest BCUT2D eigenvalue weighted by Crippen LogP contribution is -2.45. The first-order valence-electron chi connectivity index (χ1n) is 9.38. The molecule has 0 spiro atoms. The highest BCUT2D eigenvalue weighted by atomic mass is 32.2. The van der Waals surface area contributed by atoms with Crippen LogP contribution >= 0.6 is 0 Å². The summed E-state index contributed by atoms with van der Waals surface area (Å²) >= 11 is 0. The van der Waals surface area contributed by atoms with Gasteiger partial charge in [0.15, 0.2) is 0 Å². The number of carbonyl (C=O) groups is 1. The van der Waals surface area contributed by atoms with E-state index in [1.807, 2.05) is 10.8 Å². The molecule has 0 unspecified atom stereocenters. The van der Waals surface area contributed by atoms with Crippen molar-refractivity contribution in [2.24, 2.45) is 5.92 Å². The average Bonchev–Trinajstić information content (AvgIpc) is 3.24. The third kappa shape index (κ3) is 4.90. The summed E-state index contributed by atoms with van der Waals surface area (Å²) in [5.41, 5.74) is 0. The number of hydrogen-bond donors (Lipinski definition) is 1. The van der Waals surface area contributed by atoms with Crippen LogP contribution in [0.15, 0.2) is 47.9 Å². The van der Waals surface area contributed by atoms with Crippen molar-refractivity contribution in [3.05, 3.63) is 43.0 Å². The smallest absolute Gasteiger partial charge is 0.243 e. The van der Waals surface area contributed by atoms with Gasteiger partial charge in [-0.3, -0.25) is 4.79 Å². The van der Waals surface area contributed by atoms with Crippen molar-refractivity contribution in [3.8, 4) is 5.75 Å². The maximum atomic E-state index is 12.9. The fourth-order valence-electron chi connectivity index (χ4n) is 3.31. The van der Waals surface area contributed by atoms with Gasteiger partial charge in [0, 0.05) is 38.6 Å². The van der Waals surface area contributed by atoms with E-state index in [2.05, 4.69) is 10.3 Å². The predicted molar refractivity (Wildman–Crippen MR) is 104 cm³/mol. The molecule has 1 atom stereocenters. The molecule has 1 aromatic heterocycles. The van der Waals surface area contributed by atoms with Crippen molar-refractivity contribution < 1.29 is 17.9 Å². The Morgan fingerprint density at radius 2 is 2.11 bits per heavy atom. The first-order chi connectivity index (χ1) is 13.5. The molecule has 1 fully saturated rings. The van der Waals surface area contributed by atoms with Crippen LogP contribution in [-0.4, -0.2) is 54.9 Å². The standard InChI is InChI=1S/C19H26N4O4S/c1-27-17-5-7-18(8-6-17)28(25,26)23-12-2-4-16(14-23)19(24)21-9-3-11-22-13-10-20-15-22/h5-8,10,13,15-16H,2-4,9,11-12,14H2,1H3,(H,21,24)/t16-/m1/s1. The highest BCUT2D eigenvalue weighted by molar-refractivity contribution is 7.89. The van der Waals surface area contributed by atoms with Gasteiger partial charge >= 0.3 is 0 Å². The Kier molecular flexibility index (Phi) is 6.69. The first-order valence-corrected chi connectivity index (χ1v) is 10.8. The molecule has 2 heterocycles. The number of methoxy groups -OCH3 is 1. The van der Waals surface area contributed by atoms with Gasteiger partial charge < -0.3 is 14.6 Å². The van der Waals surface area contributed by atoms with Gasteiger partial charge in [-0.05, 0) is 43.5 Å². The molecule has 2 aromatic rings. The summed E-state index contributed by atoms with van der Waals surface area (Å²) in [5, 5.41) is 2.93. The van der Waals surface area contributed by atoms with Crippen LogP contribution in [0, 0.1) is 5.92 Å². The fraction of sp³-hybridized carbons (Fsp3) is 0.474. The summed E-state index contributed by atoms with van der Waals surface area (Å²) in [6, 6.07) is 6.32. The highest BCUT2D eigenvalue weighted by Gasteiger charge is 2.33. The lowest BCUT2D eigenvalue weighted by Gasteiger charge is -2.31. The summed E-state index contributed by atoms with van der Waals surface area (Å²) in [4.78, 5) is 16.7. The molecule has 28 heavy (non-hydrogen) atoms. The molecule has 1 aromatic carbocycles. The van der Waals surface area contributed by atoms with Crippen LogP contribution in [-0.2, 0) is 21.4 Å². The normalized spacial score (nSPS) is 18.0. The molecular formula is C19H26N4O4S. The lowest BCUT2D eigenvalue weighted by atomic mass is 9.99. The van der Waals surface area contributed by atoms with E-state index < -0.39 is 10.0 Å². The SMILES string of the molecule is COc1ccc(S(=O)(=O)N2CCC[C@@H](C(=O)NCCCn3ccnc3)C2)cc1. The van der Waals surface area contributed by atoms with Gasteiger partial charge in [0.1, 0.15) is 5.75 Å². The second-order valence-corrected chi connectivity index (χ2v) is 8.76. The van der Waals surface area contributed by atoms with E-state index >= 15 is 0 Å². The maximum Gasteiger partial charge on any atom is 0.243 e. The number of aromatic nitrogens is 2. The molecule has 0 radical (unpaired) electrons. The van der Waals surface area contributed by atoms with Crippen LogP contribution in [0.1, 0.15) is 19.3 Å². The van der Waals surface area contributed by atoms with Crippen LogP contribution in [0.3, 0.4) is 0 Å². The summed E-state index contributed by atoms with van der Waals surface area (Å²) in [5.74, 6) is 0.195. The Balaban J connectivity index is 1.54. The van der Waals surface area contributed by atoms with Crippen molar-refractivity contribution in [3.63, 3.8) is 0 Å². The zero-order valence-electron chi connectivity index (χ0n) is 16.0. The molecule has 9 heteroatoms. The first kappa shape index (κ1) is 20.3. The number of carbonyl (C=O) groups excluding carboxylic acids is 1. The van der Waals surface area contributed by atoms with Crippen LogP contribution in [0.4, 0.5) is 0 Å². The number of aryl methyl sites for hydroxylation is 1. The van der Waals surface area contributed by atoms with Crippen molar-refractivity contribution in [2.75, 3.05) is 26.7 Å². The van der Waals surface area contributed by atoms with Crippen LogP contribution in [0.2, 0.25) is 0 Å².